The first-order valence-electron chi connectivity index (χ1n) is 9.57. The average molecular weight is 331 g/mol. The standard InChI is InChI=1S/C20H29NO3/c1-2-4-6-17(5-3-1)21-14-20(9-11-22-12-10-20)16-7-8-18-19(13-16)24-15-23-18/h7-8,13,17,21H,1-6,9-12,14-15H2. The lowest BCUT2D eigenvalue weighted by Gasteiger charge is -2.39. The van der Waals surface area contributed by atoms with Crippen LogP contribution in [-0.4, -0.2) is 32.6 Å². The summed E-state index contributed by atoms with van der Waals surface area (Å²) in [4.78, 5) is 0. The highest BCUT2D eigenvalue weighted by Gasteiger charge is 2.36. The first kappa shape index (κ1) is 16.2. The first-order valence-corrected chi connectivity index (χ1v) is 9.57. The normalized spacial score (nSPS) is 23.8. The van der Waals surface area contributed by atoms with Crippen molar-refractivity contribution >= 4 is 0 Å². The third-order valence-electron chi connectivity index (χ3n) is 6.02. The van der Waals surface area contributed by atoms with E-state index in [2.05, 4.69) is 23.5 Å². The Morgan fingerprint density at radius 3 is 2.50 bits per heavy atom. The van der Waals surface area contributed by atoms with E-state index in [1.54, 1.807) is 0 Å². The van der Waals surface area contributed by atoms with Crippen LogP contribution in [0.1, 0.15) is 56.9 Å². The van der Waals surface area contributed by atoms with Gasteiger partial charge in [-0.05, 0) is 43.4 Å². The van der Waals surface area contributed by atoms with Crippen LogP contribution in [0.5, 0.6) is 11.5 Å². The highest BCUT2D eigenvalue weighted by molar-refractivity contribution is 5.47. The molecule has 1 saturated heterocycles. The van der Waals surface area contributed by atoms with E-state index < -0.39 is 0 Å². The molecule has 4 rings (SSSR count). The van der Waals surface area contributed by atoms with Crippen LogP contribution < -0.4 is 14.8 Å². The largest absolute Gasteiger partial charge is 0.454 e. The maximum Gasteiger partial charge on any atom is 0.231 e. The van der Waals surface area contributed by atoms with Gasteiger partial charge in [-0.3, -0.25) is 0 Å². The van der Waals surface area contributed by atoms with E-state index in [1.165, 1.54) is 44.1 Å². The Morgan fingerprint density at radius 1 is 0.958 bits per heavy atom. The summed E-state index contributed by atoms with van der Waals surface area (Å²) < 4.78 is 16.8. The van der Waals surface area contributed by atoms with Crippen molar-refractivity contribution in [2.45, 2.75) is 62.8 Å². The molecule has 0 radical (unpaired) electrons. The SMILES string of the molecule is c1cc2c(cc1C1(CNC3CCCCCC3)CCOCC1)OCO2. The molecule has 0 spiro atoms. The summed E-state index contributed by atoms with van der Waals surface area (Å²) in [5.41, 5.74) is 1.53. The summed E-state index contributed by atoms with van der Waals surface area (Å²) in [7, 11) is 0. The second-order valence-corrected chi connectivity index (χ2v) is 7.53. The molecule has 0 atom stereocenters. The summed E-state index contributed by atoms with van der Waals surface area (Å²) >= 11 is 0. The van der Waals surface area contributed by atoms with Crippen LogP contribution in [0.15, 0.2) is 18.2 Å². The van der Waals surface area contributed by atoms with Gasteiger partial charge in [0.05, 0.1) is 0 Å². The molecule has 2 aliphatic heterocycles. The third kappa shape index (κ3) is 3.40. The maximum absolute atomic E-state index is 5.67. The molecular weight excluding hydrogens is 302 g/mol. The van der Waals surface area contributed by atoms with E-state index in [0.29, 0.717) is 12.8 Å². The lowest BCUT2D eigenvalue weighted by molar-refractivity contribution is 0.0486. The van der Waals surface area contributed by atoms with Crippen LogP contribution >= 0.6 is 0 Å². The molecular formula is C20H29NO3. The summed E-state index contributed by atoms with van der Waals surface area (Å²) in [5.74, 6) is 1.77. The fourth-order valence-corrected chi connectivity index (χ4v) is 4.38. The Kier molecular flexibility index (Phi) is 4.95. The fraction of sp³-hybridized carbons (Fsp3) is 0.700. The van der Waals surface area contributed by atoms with Gasteiger partial charge in [0.25, 0.3) is 0 Å². The molecule has 132 valence electrons. The lowest BCUT2D eigenvalue weighted by Crippen LogP contribution is -2.45. The average Bonchev–Trinajstić information content (AvgIpc) is 2.95. The minimum atomic E-state index is 0.158. The molecule has 1 aromatic carbocycles. The number of ether oxygens (including phenoxy) is 3. The summed E-state index contributed by atoms with van der Waals surface area (Å²) in [6.07, 6.45) is 10.4. The third-order valence-corrected chi connectivity index (χ3v) is 6.02. The molecule has 1 aromatic rings. The molecule has 2 fully saturated rings. The highest BCUT2D eigenvalue weighted by atomic mass is 16.7. The van der Waals surface area contributed by atoms with Gasteiger partial charge >= 0.3 is 0 Å². The Bertz CT molecular complexity index is 546. The summed E-state index contributed by atoms with van der Waals surface area (Å²) in [6, 6.07) is 7.18. The van der Waals surface area contributed by atoms with Crippen LogP contribution in [-0.2, 0) is 10.2 Å². The number of benzene rings is 1. The predicted molar refractivity (Wildman–Crippen MR) is 93.8 cm³/mol. The molecule has 24 heavy (non-hydrogen) atoms. The number of nitrogens with one attached hydrogen (secondary N) is 1. The second-order valence-electron chi connectivity index (χ2n) is 7.53. The molecule has 4 heteroatoms. The predicted octanol–water partition coefficient (Wildman–Crippen LogP) is 3.78. The molecule has 3 aliphatic rings. The van der Waals surface area contributed by atoms with Gasteiger partial charge in [0, 0.05) is 31.2 Å². The van der Waals surface area contributed by atoms with E-state index >= 15 is 0 Å². The first-order chi connectivity index (χ1) is 11.9. The Morgan fingerprint density at radius 2 is 1.71 bits per heavy atom. The summed E-state index contributed by atoms with van der Waals surface area (Å²) in [6.45, 7) is 3.08. The molecule has 4 nitrogen and oxygen atoms in total. The van der Waals surface area contributed by atoms with E-state index in [-0.39, 0.29) is 5.41 Å². The summed E-state index contributed by atoms with van der Waals surface area (Å²) in [5, 5.41) is 3.91. The van der Waals surface area contributed by atoms with Crippen molar-refractivity contribution in [3.8, 4) is 11.5 Å². The zero-order valence-electron chi connectivity index (χ0n) is 14.5. The van der Waals surface area contributed by atoms with E-state index in [0.717, 1.165) is 44.1 Å². The van der Waals surface area contributed by atoms with E-state index in [9.17, 15) is 0 Å². The van der Waals surface area contributed by atoms with Gasteiger partial charge in [-0.1, -0.05) is 31.7 Å². The number of hydrogen-bond acceptors (Lipinski definition) is 4. The van der Waals surface area contributed by atoms with Gasteiger partial charge in [-0.15, -0.1) is 0 Å². The molecule has 0 aromatic heterocycles. The van der Waals surface area contributed by atoms with Crippen LogP contribution in [0.25, 0.3) is 0 Å². The molecule has 0 amide bonds. The quantitative estimate of drug-likeness (QED) is 0.853. The molecule has 2 heterocycles. The van der Waals surface area contributed by atoms with Crippen LogP contribution in [0.4, 0.5) is 0 Å². The number of hydrogen-bond donors (Lipinski definition) is 1. The minimum Gasteiger partial charge on any atom is -0.454 e. The van der Waals surface area contributed by atoms with E-state index in [4.69, 9.17) is 14.2 Å². The van der Waals surface area contributed by atoms with Gasteiger partial charge in [-0.2, -0.15) is 0 Å². The van der Waals surface area contributed by atoms with Gasteiger partial charge in [0.1, 0.15) is 0 Å². The van der Waals surface area contributed by atoms with Gasteiger partial charge < -0.3 is 19.5 Å². The van der Waals surface area contributed by atoms with Crippen LogP contribution in [0.3, 0.4) is 0 Å². The van der Waals surface area contributed by atoms with Gasteiger partial charge in [-0.25, -0.2) is 0 Å². The molecule has 0 unspecified atom stereocenters. The molecule has 0 bridgehead atoms. The zero-order valence-corrected chi connectivity index (χ0v) is 14.5. The van der Waals surface area contributed by atoms with Crippen molar-refractivity contribution in [3.05, 3.63) is 23.8 Å². The van der Waals surface area contributed by atoms with Gasteiger partial charge in [0.2, 0.25) is 6.79 Å². The second kappa shape index (κ2) is 7.32. The van der Waals surface area contributed by atoms with Crippen molar-refractivity contribution in [1.29, 1.82) is 0 Å². The van der Waals surface area contributed by atoms with Crippen molar-refractivity contribution in [1.82, 2.24) is 5.32 Å². The van der Waals surface area contributed by atoms with Crippen molar-refractivity contribution in [2.75, 3.05) is 26.6 Å². The fourth-order valence-electron chi connectivity index (χ4n) is 4.38. The smallest absolute Gasteiger partial charge is 0.231 e. The molecule has 1 aliphatic carbocycles. The number of rotatable bonds is 4. The maximum atomic E-state index is 5.67. The van der Waals surface area contributed by atoms with Crippen LogP contribution in [0.2, 0.25) is 0 Å². The lowest BCUT2D eigenvalue weighted by atomic mass is 9.73. The highest BCUT2D eigenvalue weighted by Crippen LogP contribution is 2.40. The van der Waals surface area contributed by atoms with Gasteiger partial charge in [0.15, 0.2) is 11.5 Å². The Labute approximate surface area is 144 Å². The number of fused-ring (bicyclic) bond motifs is 1. The Balaban J connectivity index is 1.51. The van der Waals surface area contributed by atoms with Crippen molar-refractivity contribution < 1.29 is 14.2 Å². The monoisotopic (exact) mass is 331 g/mol. The molecule has 1 N–H and O–H groups in total. The van der Waals surface area contributed by atoms with Crippen molar-refractivity contribution in [3.63, 3.8) is 0 Å². The van der Waals surface area contributed by atoms with Crippen LogP contribution in [0, 0.1) is 0 Å². The topological polar surface area (TPSA) is 39.7 Å². The Hall–Kier alpha value is -1.26. The molecule has 1 saturated carbocycles. The zero-order chi connectivity index (χ0) is 16.2. The van der Waals surface area contributed by atoms with Crippen molar-refractivity contribution in [2.24, 2.45) is 0 Å². The minimum absolute atomic E-state index is 0.158. The van der Waals surface area contributed by atoms with E-state index in [1.807, 2.05) is 0 Å².